The number of unbranched alkanes of at least 4 members (excludes halogenated alkanes) is 2. The van der Waals surface area contributed by atoms with Crippen molar-refractivity contribution in [1.29, 1.82) is 0 Å². The zero-order chi connectivity index (χ0) is 11.6. The van der Waals surface area contributed by atoms with Gasteiger partial charge in [-0.3, -0.25) is 4.18 Å². The van der Waals surface area contributed by atoms with Gasteiger partial charge in [0.05, 0.1) is 12.4 Å². The van der Waals surface area contributed by atoms with Crippen LogP contribution in [0, 0.1) is 0 Å². The average Bonchev–Trinajstić information content (AvgIpc) is 2.22. The average molecular weight is 238 g/mol. The summed E-state index contributed by atoms with van der Waals surface area (Å²) >= 11 is 0. The number of rotatable bonds is 10. The molecule has 92 valence electrons. The first-order chi connectivity index (χ1) is 7.12. The maximum absolute atomic E-state index is 10.9. The quantitative estimate of drug-likeness (QED) is 0.431. The molecule has 0 saturated carbocycles. The topological polar surface area (TPSA) is 52.6 Å². The maximum atomic E-state index is 10.9. The van der Waals surface area contributed by atoms with Crippen molar-refractivity contribution < 1.29 is 17.3 Å². The molecule has 0 saturated heterocycles. The molecule has 0 aromatic carbocycles. The van der Waals surface area contributed by atoms with Crippen LogP contribution in [0.25, 0.3) is 0 Å². The van der Waals surface area contributed by atoms with E-state index in [0.29, 0.717) is 6.61 Å². The molecule has 0 unspecified atom stereocenters. The van der Waals surface area contributed by atoms with Crippen molar-refractivity contribution in [3.8, 4) is 0 Å². The first-order valence-electron chi connectivity index (χ1n) is 5.57. The largest absolute Gasteiger partial charge is 0.381 e. The Morgan fingerprint density at radius 3 is 2.13 bits per heavy atom. The van der Waals surface area contributed by atoms with Gasteiger partial charge in [0, 0.05) is 13.2 Å². The highest BCUT2D eigenvalue weighted by atomic mass is 32.2. The number of ether oxygens (including phenoxy) is 1. The van der Waals surface area contributed by atoms with Gasteiger partial charge in [0.25, 0.3) is 10.1 Å². The summed E-state index contributed by atoms with van der Waals surface area (Å²) in [5, 5.41) is 0. The Balaban J connectivity index is 3.19. The minimum absolute atomic E-state index is 0.0417. The molecule has 0 aromatic rings. The van der Waals surface area contributed by atoms with Crippen LogP contribution in [-0.4, -0.2) is 34.0 Å². The summed E-state index contributed by atoms with van der Waals surface area (Å²) in [7, 11) is -3.26. The van der Waals surface area contributed by atoms with E-state index in [9.17, 15) is 8.42 Å². The summed E-state index contributed by atoms with van der Waals surface area (Å²) in [5.41, 5.74) is 0. The van der Waals surface area contributed by atoms with E-state index in [1.54, 1.807) is 6.92 Å². The fraction of sp³-hybridized carbons (Fsp3) is 1.00. The highest BCUT2D eigenvalue weighted by Gasteiger charge is 2.05. The Morgan fingerprint density at radius 1 is 0.933 bits per heavy atom. The molecule has 0 N–H and O–H groups in total. The molecule has 15 heavy (non-hydrogen) atoms. The van der Waals surface area contributed by atoms with Crippen LogP contribution in [0.3, 0.4) is 0 Å². The Labute approximate surface area is 93.1 Å². The zero-order valence-electron chi connectivity index (χ0n) is 9.70. The predicted octanol–water partition coefficient (Wildman–Crippen LogP) is 1.95. The van der Waals surface area contributed by atoms with E-state index in [2.05, 4.69) is 6.92 Å². The van der Waals surface area contributed by atoms with E-state index in [0.717, 1.165) is 32.3 Å². The SMILES string of the molecule is CCCCOCCCCOS(=O)(=O)CC. The van der Waals surface area contributed by atoms with Crippen molar-refractivity contribution in [3.63, 3.8) is 0 Å². The molecule has 0 aliphatic carbocycles. The molecule has 0 rings (SSSR count). The molecular weight excluding hydrogens is 216 g/mol. The number of hydrogen-bond acceptors (Lipinski definition) is 4. The molecule has 0 atom stereocenters. The second-order valence-electron chi connectivity index (χ2n) is 3.34. The van der Waals surface area contributed by atoms with Crippen molar-refractivity contribution in [1.82, 2.24) is 0 Å². The predicted molar refractivity (Wildman–Crippen MR) is 60.4 cm³/mol. The summed E-state index contributed by atoms with van der Waals surface area (Å²) in [6, 6.07) is 0. The highest BCUT2D eigenvalue weighted by Crippen LogP contribution is 1.98. The van der Waals surface area contributed by atoms with E-state index in [4.69, 9.17) is 8.92 Å². The molecule has 0 radical (unpaired) electrons. The molecule has 4 nitrogen and oxygen atoms in total. The highest BCUT2D eigenvalue weighted by molar-refractivity contribution is 7.86. The van der Waals surface area contributed by atoms with Crippen molar-refractivity contribution in [3.05, 3.63) is 0 Å². The second kappa shape index (κ2) is 9.12. The molecule has 0 amide bonds. The first kappa shape index (κ1) is 14.9. The van der Waals surface area contributed by atoms with Crippen LogP contribution in [0.15, 0.2) is 0 Å². The van der Waals surface area contributed by atoms with Crippen molar-refractivity contribution >= 4 is 10.1 Å². The van der Waals surface area contributed by atoms with Crippen LogP contribution in [0.1, 0.15) is 39.5 Å². The third-order valence-electron chi connectivity index (χ3n) is 1.94. The second-order valence-corrected chi connectivity index (χ2v) is 5.27. The molecule has 0 aliphatic rings. The maximum Gasteiger partial charge on any atom is 0.267 e. The molecule has 0 spiro atoms. The van der Waals surface area contributed by atoms with Gasteiger partial charge in [0.2, 0.25) is 0 Å². The van der Waals surface area contributed by atoms with Crippen LogP contribution >= 0.6 is 0 Å². The summed E-state index contributed by atoms with van der Waals surface area (Å²) in [5.74, 6) is 0.0417. The lowest BCUT2D eigenvalue weighted by molar-refractivity contribution is 0.124. The molecule has 0 heterocycles. The van der Waals surface area contributed by atoms with Gasteiger partial charge in [-0.05, 0) is 26.2 Å². The summed E-state index contributed by atoms with van der Waals surface area (Å²) in [4.78, 5) is 0. The van der Waals surface area contributed by atoms with Gasteiger partial charge in [-0.15, -0.1) is 0 Å². The minimum atomic E-state index is -3.26. The van der Waals surface area contributed by atoms with Gasteiger partial charge in [0.15, 0.2) is 0 Å². The molecule has 5 heteroatoms. The van der Waals surface area contributed by atoms with E-state index in [-0.39, 0.29) is 12.4 Å². The van der Waals surface area contributed by atoms with Gasteiger partial charge in [-0.25, -0.2) is 0 Å². The zero-order valence-corrected chi connectivity index (χ0v) is 10.5. The molecule has 0 aliphatic heterocycles. The Morgan fingerprint density at radius 2 is 1.53 bits per heavy atom. The fourth-order valence-electron chi connectivity index (χ4n) is 0.924. The summed E-state index contributed by atoms with van der Waals surface area (Å²) in [6.45, 7) is 5.45. The normalized spacial score (nSPS) is 11.9. The monoisotopic (exact) mass is 238 g/mol. The van der Waals surface area contributed by atoms with E-state index in [1.807, 2.05) is 0 Å². The van der Waals surface area contributed by atoms with Gasteiger partial charge in [-0.1, -0.05) is 13.3 Å². The van der Waals surface area contributed by atoms with Gasteiger partial charge >= 0.3 is 0 Å². The molecule has 0 bridgehead atoms. The molecular formula is C10H22O4S. The van der Waals surface area contributed by atoms with E-state index < -0.39 is 10.1 Å². The minimum Gasteiger partial charge on any atom is -0.381 e. The molecule has 0 aromatic heterocycles. The van der Waals surface area contributed by atoms with Crippen LogP contribution in [0.5, 0.6) is 0 Å². The lowest BCUT2D eigenvalue weighted by atomic mass is 10.3. The third kappa shape index (κ3) is 10.2. The van der Waals surface area contributed by atoms with Crippen LogP contribution in [0.4, 0.5) is 0 Å². The van der Waals surface area contributed by atoms with Gasteiger partial charge in [0.1, 0.15) is 0 Å². The summed E-state index contributed by atoms with van der Waals surface area (Å²) in [6.07, 6.45) is 3.80. The van der Waals surface area contributed by atoms with Gasteiger partial charge < -0.3 is 4.74 Å². The van der Waals surface area contributed by atoms with Crippen LogP contribution in [-0.2, 0) is 19.0 Å². The van der Waals surface area contributed by atoms with Crippen molar-refractivity contribution in [2.45, 2.75) is 39.5 Å². The fourth-order valence-corrected chi connectivity index (χ4v) is 1.46. The summed E-state index contributed by atoms with van der Waals surface area (Å²) < 4.78 is 31.9. The van der Waals surface area contributed by atoms with Crippen molar-refractivity contribution in [2.24, 2.45) is 0 Å². The van der Waals surface area contributed by atoms with Crippen molar-refractivity contribution in [2.75, 3.05) is 25.6 Å². The lowest BCUT2D eigenvalue weighted by Gasteiger charge is -2.04. The van der Waals surface area contributed by atoms with E-state index in [1.165, 1.54) is 0 Å². The van der Waals surface area contributed by atoms with Crippen LogP contribution < -0.4 is 0 Å². The standard InChI is InChI=1S/C10H22O4S/c1-3-5-8-13-9-6-7-10-14-15(11,12)4-2/h3-10H2,1-2H3. The Hall–Kier alpha value is -0.130. The Kier molecular flexibility index (Phi) is 9.04. The van der Waals surface area contributed by atoms with Gasteiger partial charge in [-0.2, -0.15) is 8.42 Å². The van der Waals surface area contributed by atoms with Crippen LogP contribution in [0.2, 0.25) is 0 Å². The number of hydrogen-bond donors (Lipinski definition) is 0. The smallest absolute Gasteiger partial charge is 0.267 e. The third-order valence-corrected chi connectivity index (χ3v) is 3.17. The van der Waals surface area contributed by atoms with E-state index >= 15 is 0 Å². The first-order valence-corrected chi connectivity index (χ1v) is 7.15. The lowest BCUT2D eigenvalue weighted by Crippen LogP contribution is -2.09. The Bertz CT molecular complexity index is 224. The molecule has 0 fully saturated rings.